The molecule has 0 bridgehead atoms. The van der Waals surface area contributed by atoms with Crippen molar-refractivity contribution >= 4 is 23.2 Å². The van der Waals surface area contributed by atoms with Gasteiger partial charge in [-0.1, -0.05) is 12.1 Å². The molecule has 0 saturated carbocycles. The largest absolute Gasteiger partial charge is 0.294 e. The lowest BCUT2D eigenvalue weighted by Crippen LogP contribution is -2.10. The number of hydrogen-bond donors (Lipinski definition) is 0. The summed E-state index contributed by atoms with van der Waals surface area (Å²) in [6.07, 6.45) is 1.43. The number of halogens is 1. The van der Waals surface area contributed by atoms with E-state index in [9.17, 15) is 4.79 Å². The average Bonchev–Trinajstić information content (AvgIpc) is 2.29. The second-order valence-electron chi connectivity index (χ2n) is 3.13. The van der Waals surface area contributed by atoms with Crippen LogP contribution < -0.4 is 4.42 Å². The number of para-hydroxylation sites is 1. The van der Waals surface area contributed by atoms with E-state index in [0.717, 1.165) is 24.2 Å². The molecule has 3 heteroatoms. The van der Waals surface area contributed by atoms with Crippen molar-refractivity contribution in [1.82, 2.24) is 0 Å². The number of hydrogen-bond acceptors (Lipinski definition) is 2. The van der Waals surface area contributed by atoms with Gasteiger partial charge < -0.3 is 0 Å². The first kappa shape index (κ1) is 8.57. The van der Waals surface area contributed by atoms with Crippen molar-refractivity contribution < 1.29 is 4.79 Å². The molecule has 1 aliphatic rings. The zero-order valence-corrected chi connectivity index (χ0v) is 7.92. The Balaban J connectivity index is 2.51. The highest BCUT2D eigenvalue weighted by Crippen LogP contribution is 2.26. The molecule has 0 N–H and O–H groups in total. The Bertz CT molecular complexity index is 337. The third-order valence-corrected chi connectivity index (χ3v) is 2.58. The summed E-state index contributed by atoms with van der Waals surface area (Å²) in [5.41, 5.74) is 1.58. The highest BCUT2D eigenvalue weighted by Gasteiger charge is 2.18. The second kappa shape index (κ2) is 3.38. The minimum Gasteiger partial charge on any atom is -0.294 e. The Morgan fingerprint density at radius 1 is 1.31 bits per heavy atom. The molecule has 0 aromatic heterocycles. The van der Waals surface area contributed by atoms with Crippen LogP contribution in [0.1, 0.15) is 23.2 Å². The molecule has 68 valence electrons. The lowest BCUT2D eigenvalue weighted by Gasteiger charge is -2.14. The van der Waals surface area contributed by atoms with Gasteiger partial charge in [-0.3, -0.25) is 9.21 Å². The van der Waals surface area contributed by atoms with Crippen LogP contribution in [0, 0.1) is 0 Å². The number of ketones is 1. The van der Waals surface area contributed by atoms with Crippen molar-refractivity contribution in [2.75, 3.05) is 11.0 Å². The summed E-state index contributed by atoms with van der Waals surface area (Å²) in [5, 5.41) is 0. The van der Waals surface area contributed by atoms with Crippen LogP contribution in [0.5, 0.6) is 0 Å². The molecule has 1 heterocycles. The number of rotatable bonds is 0. The lowest BCUT2D eigenvalue weighted by atomic mass is 10.1. The van der Waals surface area contributed by atoms with Crippen molar-refractivity contribution in [3.05, 3.63) is 29.8 Å². The van der Waals surface area contributed by atoms with E-state index in [4.69, 9.17) is 11.8 Å². The third-order valence-electron chi connectivity index (χ3n) is 2.22. The molecular weight excluding hydrogens is 186 g/mol. The van der Waals surface area contributed by atoms with Gasteiger partial charge in [0.05, 0.1) is 5.69 Å². The normalized spacial score (nSPS) is 16.7. The van der Waals surface area contributed by atoms with Gasteiger partial charge in [-0.25, -0.2) is 0 Å². The van der Waals surface area contributed by atoms with Crippen molar-refractivity contribution in [3.63, 3.8) is 0 Å². The summed E-state index contributed by atoms with van der Waals surface area (Å²) < 4.78 is 1.63. The number of Topliss-reactive ketones (excluding diaryl/α,β-unsaturated/α-hetero) is 1. The second-order valence-corrected chi connectivity index (χ2v) is 3.54. The van der Waals surface area contributed by atoms with Crippen LogP contribution in [0.25, 0.3) is 0 Å². The van der Waals surface area contributed by atoms with Crippen LogP contribution in [0.15, 0.2) is 24.3 Å². The molecule has 0 radical (unpaired) electrons. The van der Waals surface area contributed by atoms with E-state index in [1.54, 1.807) is 4.42 Å². The summed E-state index contributed by atoms with van der Waals surface area (Å²) in [6, 6.07) is 7.48. The number of anilines is 1. The van der Waals surface area contributed by atoms with Crippen molar-refractivity contribution in [3.8, 4) is 0 Å². The van der Waals surface area contributed by atoms with E-state index >= 15 is 0 Å². The van der Waals surface area contributed by atoms with Crippen molar-refractivity contribution in [2.45, 2.75) is 12.8 Å². The smallest absolute Gasteiger partial charge is 0.165 e. The first-order chi connectivity index (χ1) is 6.29. The van der Waals surface area contributed by atoms with E-state index in [0.29, 0.717) is 6.42 Å². The Labute approximate surface area is 82.2 Å². The number of benzene rings is 1. The van der Waals surface area contributed by atoms with Gasteiger partial charge in [-0.05, 0) is 18.6 Å². The molecule has 0 aliphatic carbocycles. The highest BCUT2D eigenvalue weighted by atomic mass is 35.5. The molecular formula is C10H10ClNO. The molecule has 0 atom stereocenters. The summed E-state index contributed by atoms with van der Waals surface area (Å²) in [5.74, 6) is 0.193. The maximum Gasteiger partial charge on any atom is 0.165 e. The maximum atomic E-state index is 11.6. The Morgan fingerprint density at radius 2 is 2.08 bits per heavy atom. The first-order valence-electron chi connectivity index (χ1n) is 4.34. The third kappa shape index (κ3) is 1.54. The van der Waals surface area contributed by atoms with E-state index in [1.807, 2.05) is 24.3 Å². The quantitative estimate of drug-likeness (QED) is 0.594. The molecule has 0 spiro atoms. The molecule has 1 aliphatic heterocycles. The minimum atomic E-state index is 0.193. The fourth-order valence-corrected chi connectivity index (χ4v) is 1.82. The molecule has 0 unspecified atom stereocenters. The molecule has 1 aromatic carbocycles. The molecule has 2 rings (SSSR count). The minimum absolute atomic E-state index is 0.193. The number of fused-ring (bicyclic) bond motifs is 1. The van der Waals surface area contributed by atoms with Gasteiger partial charge in [0.2, 0.25) is 0 Å². The first-order valence-corrected chi connectivity index (χ1v) is 4.68. The number of carbonyl (C=O) groups excluding carboxylic acids is 1. The number of carbonyl (C=O) groups is 1. The van der Waals surface area contributed by atoms with E-state index < -0.39 is 0 Å². The molecule has 2 nitrogen and oxygen atoms in total. The molecule has 0 saturated heterocycles. The van der Waals surface area contributed by atoms with Crippen LogP contribution in [-0.4, -0.2) is 12.3 Å². The summed E-state index contributed by atoms with van der Waals surface area (Å²) in [7, 11) is 0. The van der Waals surface area contributed by atoms with Crippen molar-refractivity contribution in [1.29, 1.82) is 0 Å². The number of nitrogens with zero attached hydrogens (tertiary/aromatic N) is 1. The Hall–Kier alpha value is -1.02. The van der Waals surface area contributed by atoms with Crippen LogP contribution in [0.2, 0.25) is 0 Å². The van der Waals surface area contributed by atoms with Crippen LogP contribution in [-0.2, 0) is 0 Å². The van der Waals surface area contributed by atoms with Crippen molar-refractivity contribution in [2.24, 2.45) is 0 Å². The average molecular weight is 196 g/mol. The molecule has 13 heavy (non-hydrogen) atoms. The zero-order chi connectivity index (χ0) is 9.26. The highest BCUT2D eigenvalue weighted by molar-refractivity contribution is 6.27. The van der Waals surface area contributed by atoms with Gasteiger partial charge >= 0.3 is 0 Å². The summed E-state index contributed by atoms with van der Waals surface area (Å²) in [4.78, 5) is 11.6. The van der Waals surface area contributed by atoms with E-state index in [2.05, 4.69) is 0 Å². The Kier molecular flexibility index (Phi) is 2.23. The SMILES string of the molecule is O=C1CCCN(Cl)c2ccccc21. The van der Waals surface area contributed by atoms with Crippen LogP contribution in [0.4, 0.5) is 5.69 Å². The standard InChI is InChI=1S/C10H10ClNO/c11-12-7-3-6-10(13)8-4-1-2-5-9(8)12/h1-2,4-5H,3,6-7H2. The fourth-order valence-electron chi connectivity index (χ4n) is 1.55. The van der Waals surface area contributed by atoms with Gasteiger partial charge in [-0.15, -0.1) is 0 Å². The Morgan fingerprint density at radius 3 is 2.92 bits per heavy atom. The topological polar surface area (TPSA) is 20.3 Å². The van der Waals surface area contributed by atoms with Gasteiger partial charge in [0.1, 0.15) is 0 Å². The van der Waals surface area contributed by atoms with E-state index in [1.165, 1.54) is 0 Å². The van der Waals surface area contributed by atoms with Gasteiger partial charge in [0.25, 0.3) is 0 Å². The van der Waals surface area contributed by atoms with Gasteiger partial charge in [0, 0.05) is 30.3 Å². The summed E-state index contributed by atoms with van der Waals surface area (Å²) in [6.45, 7) is 0.740. The maximum absolute atomic E-state index is 11.6. The summed E-state index contributed by atoms with van der Waals surface area (Å²) >= 11 is 6.00. The predicted octanol–water partition coefficient (Wildman–Crippen LogP) is 2.62. The van der Waals surface area contributed by atoms with E-state index in [-0.39, 0.29) is 5.78 Å². The van der Waals surface area contributed by atoms with Gasteiger partial charge in [0.15, 0.2) is 5.78 Å². The molecule has 0 amide bonds. The molecule has 1 aromatic rings. The van der Waals surface area contributed by atoms with Gasteiger partial charge in [-0.2, -0.15) is 0 Å². The van der Waals surface area contributed by atoms with Crippen LogP contribution >= 0.6 is 11.8 Å². The zero-order valence-electron chi connectivity index (χ0n) is 7.16. The monoisotopic (exact) mass is 195 g/mol. The lowest BCUT2D eigenvalue weighted by molar-refractivity contribution is 0.0984. The predicted molar refractivity (Wildman–Crippen MR) is 53.2 cm³/mol. The molecule has 0 fully saturated rings. The fraction of sp³-hybridized carbons (Fsp3) is 0.300. The van der Waals surface area contributed by atoms with Crippen LogP contribution in [0.3, 0.4) is 0 Å².